The van der Waals surface area contributed by atoms with Gasteiger partial charge in [-0.1, -0.05) is 49.4 Å². The third kappa shape index (κ3) is 3.83. The third-order valence-corrected chi connectivity index (χ3v) is 5.94. The van der Waals surface area contributed by atoms with E-state index < -0.39 is 22.0 Å². The monoisotopic (exact) mass is 347 g/mol. The molecule has 0 saturated carbocycles. The standard InChI is InChI=1S/C18H21NO4S/c1-3-14-9-7-8-10-15(14)13-17(18(20)21)19(2)24(22,23)16-11-5-4-6-12-16/h4-12,17H,3,13H2,1-2H3,(H,20,21)/t17-/m0/s1. The molecule has 2 aromatic carbocycles. The van der Waals surface area contributed by atoms with Crippen molar-refractivity contribution in [2.75, 3.05) is 7.05 Å². The first kappa shape index (κ1) is 18.2. The highest BCUT2D eigenvalue weighted by atomic mass is 32.2. The number of sulfonamides is 1. The molecule has 6 heteroatoms. The average molecular weight is 347 g/mol. The van der Waals surface area contributed by atoms with Gasteiger partial charge in [0.2, 0.25) is 10.0 Å². The summed E-state index contributed by atoms with van der Waals surface area (Å²) in [6, 6.07) is 14.2. The van der Waals surface area contributed by atoms with E-state index in [0.29, 0.717) is 0 Å². The first-order valence-electron chi connectivity index (χ1n) is 7.70. The number of carboxylic acid groups (broad SMARTS) is 1. The Morgan fingerprint density at radius 2 is 1.58 bits per heavy atom. The van der Waals surface area contributed by atoms with Crippen LogP contribution in [0.5, 0.6) is 0 Å². The van der Waals surface area contributed by atoms with Crippen molar-refractivity contribution in [2.24, 2.45) is 0 Å². The van der Waals surface area contributed by atoms with Gasteiger partial charge in [0.25, 0.3) is 0 Å². The van der Waals surface area contributed by atoms with E-state index in [-0.39, 0.29) is 11.3 Å². The minimum absolute atomic E-state index is 0.0857. The van der Waals surface area contributed by atoms with Crippen molar-refractivity contribution in [2.45, 2.75) is 30.7 Å². The Hall–Kier alpha value is -2.18. The van der Waals surface area contributed by atoms with Crippen LogP contribution in [0.4, 0.5) is 0 Å². The lowest BCUT2D eigenvalue weighted by molar-refractivity contribution is -0.141. The second kappa shape index (κ2) is 7.59. The zero-order valence-corrected chi connectivity index (χ0v) is 14.5. The summed E-state index contributed by atoms with van der Waals surface area (Å²) in [6.45, 7) is 1.99. The van der Waals surface area contributed by atoms with E-state index in [9.17, 15) is 18.3 Å². The maximum Gasteiger partial charge on any atom is 0.322 e. The van der Waals surface area contributed by atoms with Gasteiger partial charge in [0, 0.05) is 7.05 Å². The average Bonchev–Trinajstić information content (AvgIpc) is 2.59. The third-order valence-electron chi connectivity index (χ3n) is 4.06. The second-order valence-electron chi connectivity index (χ2n) is 5.51. The number of benzene rings is 2. The van der Waals surface area contributed by atoms with E-state index in [4.69, 9.17) is 0 Å². The fraction of sp³-hybridized carbons (Fsp3) is 0.278. The predicted molar refractivity (Wildman–Crippen MR) is 92.3 cm³/mol. The lowest BCUT2D eigenvalue weighted by Crippen LogP contribution is -2.43. The molecule has 0 heterocycles. The van der Waals surface area contributed by atoms with Gasteiger partial charge in [0.05, 0.1) is 4.90 Å². The van der Waals surface area contributed by atoms with Crippen molar-refractivity contribution in [3.63, 3.8) is 0 Å². The van der Waals surface area contributed by atoms with Crippen LogP contribution in [-0.2, 0) is 27.7 Å². The molecule has 0 aliphatic heterocycles. The fourth-order valence-corrected chi connectivity index (χ4v) is 3.94. The Morgan fingerprint density at radius 1 is 1.04 bits per heavy atom. The zero-order valence-electron chi connectivity index (χ0n) is 13.7. The molecule has 128 valence electrons. The van der Waals surface area contributed by atoms with Crippen molar-refractivity contribution in [3.8, 4) is 0 Å². The molecular weight excluding hydrogens is 326 g/mol. The highest BCUT2D eigenvalue weighted by Gasteiger charge is 2.33. The summed E-state index contributed by atoms with van der Waals surface area (Å²) in [7, 11) is -2.56. The van der Waals surface area contributed by atoms with E-state index >= 15 is 0 Å². The Morgan fingerprint density at radius 3 is 2.12 bits per heavy atom. The molecule has 0 aliphatic rings. The van der Waals surface area contributed by atoms with Crippen LogP contribution in [0.3, 0.4) is 0 Å². The Balaban J connectivity index is 2.35. The summed E-state index contributed by atoms with van der Waals surface area (Å²) in [5, 5.41) is 9.57. The summed E-state index contributed by atoms with van der Waals surface area (Å²) in [5.74, 6) is -1.16. The molecule has 0 aromatic heterocycles. The molecule has 24 heavy (non-hydrogen) atoms. The largest absolute Gasteiger partial charge is 0.480 e. The highest BCUT2D eigenvalue weighted by molar-refractivity contribution is 7.89. The Kier molecular flexibility index (Phi) is 5.75. The lowest BCUT2D eigenvalue weighted by Gasteiger charge is -2.25. The van der Waals surface area contributed by atoms with E-state index in [0.717, 1.165) is 21.9 Å². The number of nitrogens with zero attached hydrogens (tertiary/aromatic N) is 1. The molecule has 0 spiro atoms. The van der Waals surface area contributed by atoms with Gasteiger partial charge in [-0.3, -0.25) is 4.79 Å². The van der Waals surface area contributed by atoms with E-state index in [1.807, 2.05) is 31.2 Å². The molecule has 0 fully saturated rings. The molecule has 0 aliphatic carbocycles. The fourth-order valence-electron chi connectivity index (χ4n) is 2.61. The number of carbonyl (C=O) groups is 1. The quantitative estimate of drug-likeness (QED) is 0.835. The van der Waals surface area contributed by atoms with Gasteiger partial charge in [-0.05, 0) is 36.1 Å². The minimum Gasteiger partial charge on any atom is -0.480 e. The zero-order chi connectivity index (χ0) is 17.7. The molecule has 2 rings (SSSR count). The summed E-state index contributed by atoms with van der Waals surface area (Å²) in [5.41, 5.74) is 1.87. The SMILES string of the molecule is CCc1ccccc1C[C@@H](C(=O)O)N(C)S(=O)(=O)c1ccccc1. The molecule has 0 saturated heterocycles. The topological polar surface area (TPSA) is 74.7 Å². The molecule has 1 atom stereocenters. The van der Waals surface area contributed by atoms with Gasteiger partial charge in [-0.15, -0.1) is 0 Å². The van der Waals surface area contributed by atoms with Crippen LogP contribution in [0.1, 0.15) is 18.1 Å². The number of likely N-dealkylation sites (N-methyl/N-ethyl adjacent to an activating group) is 1. The van der Waals surface area contributed by atoms with Gasteiger partial charge in [0.15, 0.2) is 0 Å². The van der Waals surface area contributed by atoms with E-state index in [1.54, 1.807) is 18.2 Å². The van der Waals surface area contributed by atoms with Gasteiger partial charge >= 0.3 is 5.97 Å². The molecule has 1 N–H and O–H groups in total. The van der Waals surface area contributed by atoms with Crippen molar-refractivity contribution >= 4 is 16.0 Å². The molecule has 0 amide bonds. The van der Waals surface area contributed by atoms with E-state index in [1.165, 1.54) is 19.2 Å². The summed E-state index contributed by atoms with van der Waals surface area (Å²) in [4.78, 5) is 11.8. The van der Waals surface area contributed by atoms with E-state index in [2.05, 4.69) is 0 Å². The smallest absolute Gasteiger partial charge is 0.322 e. The number of rotatable bonds is 7. The number of aryl methyl sites for hydroxylation is 1. The second-order valence-corrected chi connectivity index (χ2v) is 7.51. The number of aliphatic carboxylic acids is 1. The van der Waals surface area contributed by atoms with Crippen molar-refractivity contribution < 1.29 is 18.3 Å². The molecule has 0 bridgehead atoms. The van der Waals surface area contributed by atoms with Crippen molar-refractivity contribution in [1.82, 2.24) is 4.31 Å². The van der Waals surface area contributed by atoms with Crippen LogP contribution in [-0.4, -0.2) is 36.9 Å². The molecule has 0 radical (unpaired) electrons. The van der Waals surface area contributed by atoms with Crippen LogP contribution >= 0.6 is 0 Å². The van der Waals surface area contributed by atoms with Crippen LogP contribution in [0, 0.1) is 0 Å². The van der Waals surface area contributed by atoms with Crippen LogP contribution in [0.25, 0.3) is 0 Å². The van der Waals surface area contributed by atoms with Gasteiger partial charge in [-0.2, -0.15) is 4.31 Å². The molecule has 0 unspecified atom stereocenters. The predicted octanol–water partition coefficient (Wildman–Crippen LogP) is 2.57. The normalized spacial score (nSPS) is 13.0. The summed E-state index contributed by atoms with van der Waals surface area (Å²) in [6.07, 6.45) is 0.888. The van der Waals surface area contributed by atoms with Gasteiger partial charge in [-0.25, -0.2) is 8.42 Å². The first-order valence-corrected chi connectivity index (χ1v) is 9.14. The van der Waals surface area contributed by atoms with Gasteiger partial charge < -0.3 is 5.11 Å². The molecular formula is C18H21NO4S. The maximum atomic E-state index is 12.7. The number of carboxylic acids is 1. The maximum absolute atomic E-state index is 12.7. The summed E-state index contributed by atoms with van der Waals surface area (Å²) < 4.78 is 26.3. The number of hydrogen-bond donors (Lipinski definition) is 1. The van der Waals surface area contributed by atoms with Crippen LogP contribution in [0.15, 0.2) is 59.5 Å². The Labute approximate surface area is 142 Å². The molecule has 2 aromatic rings. The number of hydrogen-bond acceptors (Lipinski definition) is 3. The van der Waals surface area contributed by atoms with Crippen LogP contribution in [0.2, 0.25) is 0 Å². The lowest BCUT2D eigenvalue weighted by atomic mass is 9.99. The summed E-state index contributed by atoms with van der Waals surface area (Å²) >= 11 is 0. The van der Waals surface area contributed by atoms with Crippen LogP contribution < -0.4 is 0 Å². The molecule has 5 nitrogen and oxygen atoms in total. The first-order chi connectivity index (χ1) is 11.4. The van der Waals surface area contributed by atoms with Crippen molar-refractivity contribution in [3.05, 3.63) is 65.7 Å². The minimum atomic E-state index is -3.87. The highest BCUT2D eigenvalue weighted by Crippen LogP contribution is 2.20. The van der Waals surface area contributed by atoms with Crippen molar-refractivity contribution in [1.29, 1.82) is 0 Å². The van der Waals surface area contributed by atoms with Gasteiger partial charge in [0.1, 0.15) is 6.04 Å². The Bertz CT molecular complexity index is 803.